The van der Waals surface area contributed by atoms with E-state index in [1.54, 1.807) is 30.1 Å². The molecule has 0 atom stereocenters. The lowest BCUT2D eigenvalue weighted by Crippen LogP contribution is -2.25. The maximum Gasteiger partial charge on any atom is 0.416 e. The van der Waals surface area contributed by atoms with E-state index in [9.17, 15) is 18.0 Å². The largest absolute Gasteiger partial charge is 0.416 e. The molecule has 2 aromatic rings. The van der Waals surface area contributed by atoms with Crippen LogP contribution in [0.15, 0.2) is 54.6 Å². The Labute approximate surface area is 139 Å². The molecule has 3 nitrogen and oxygen atoms in total. The van der Waals surface area contributed by atoms with Gasteiger partial charge in [-0.05, 0) is 30.8 Å². The van der Waals surface area contributed by atoms with E-state index in [1.807, 2.05) is 18.2 Å². The van der Waals surface area contributed by atoms with Gasteiger partial charge in [-0.3, -0.25) is 4.79 Å². The second-order valence-electron chi connectivity index (χ2n) is 5.56. The quantitative estimate of drug-likeness (QED) is 0.859. The van der Waals surface area contributed by atoms with Crippen molar-refractivity contribution in [2.75, 3.05) is 18.9 Å². The van der Waals surface area contributed by atoms with Gasteiger partial charge in [0.2, 0.25) is 5.91 Å². The molecule has 0 saturated carbocycles. The third kappa shape index (κ3) is 5.38. The predicted molar refractivity (Wildman–Crippen MR) is 87.5 cm³/mol. The molecule has 0 aliphatic rings. The third-order valence-electron chi connectivity index (χ3n) is 3.54. The summed E-state index contributed by atoms with van der Waals surface area (Å²) in [7, 11) is 1.70. The molecule has 0 fully saturated rings. The van der Waals surface area contributed by atoms with Gasteiger partial charge in [-0.25, -0.2) is 0 Å². The topological polar surface area (TPSA) is 32.3 Å². The summed E-state index contributed by atoms with van der Waals surface area (Å²) in [5.74, 6) is -0.169. The number of hydrogen-bond donors (Lipinski definition) is 1. The van der Waals surface area contributed by atoms with Crippen LogP contribution in [0.3, 0.4) is 0 Å². The van der Waals surface area contributed by atoms with Crippen LogP contribution >= 0.6 is 0 Å². The summed E-state index contributed by atoms with van der Waals surface area (Å²) in [5, 5.41) is 2.75. The van der Waals surface area contributed by atoms with E-state index in [1.165, 1.54) is 12.1 Å². The number of amides is 1. The average Bonchev–Trinajstić information content (AvgIpc) is 2.53. The summed E-state index contributed by atoms with van der Waals surface area (Å²) in [6, 6.07) is 14.5. The lowest BCUT2D eigenvalue weighted by molar-refractivity contribution is -0.138. The van der Waals surface area contributed by atoms with E-state index in [0.29, 0.717) is 12.2 Å². The molecule has 128 valence electrons. The molecule has 0 aliphatic carbocycles. The number of benzene rings is 2. The molecule has 0 heterocycles. The molecule has 0 spiro atoms. The molecule has 2 rings (SSSR count). The number of halogens is 3. The number of alkyl halides is 3. The fraction of sp³-hybridized carbons (Fsp3) is 0.278. The van der Waals surface area contributed by atoms with Crippen LogP contribution in [0, 0.1) is 0 Å². The summed E-state index contributed by atoms with van der Waals surface area (Å²) < 4.78 is 38.9. The van der Waals surface area contributed by atoms with Crippen molar-refractivity contribution >= 4 is 11.6 Å². The fourth-order valence-electron chi connectivity index (χ4n) is 2.34. The Kier molecular flexibility index (Phi) is 5.98. The van der Waals surface area contributed by atoms with E-state index in [2.05, 4.69) is 5.32 Å². The van der Waals surface area contributed by atoms with Crippen LogP contribution in [0.2, 0.25) is 0 Å². The number of para-hydroxylation sites is 1. The normalized spacial score (nSPS) is 11.5. The zero-order chi connectivity index (χ0) is 17.6. The van der Waals surface area contributed by atoms with Crippen molar-refractivity contribution in [3.63, 3.8) is 0 Å². The Bertz CT molecular complexity index is 671. The van der Waals surface area contributed by atoms with Crippen molar-refractivity contribution in [2.45, 2.75) is 19.1 Å². The molecule has 0 unspecified atom stereocenters. The molecular formula is C18H19F3N2O. The Morgan fingerprint density at radius 1 is 1.04 bits per heavy atom. The number of anilines is 1. The Hall–Kier alpha value is -2.34. The number of hydrogen-bond acceptors (Lipinski definition) is 2. The molecule has 0 saturated heterocycles. The van der Waals surface area contributed by atoms with Crippen molar-refractivity contribution in [3.05, 3.63) is 65.7 Å². The molecule has 1 N–H and O–H groups in total. The van der Waals surface area contributed by atoms with Crippen LogP contribution in [0.4, 0.5) is 18.9 Å². The first-order valence-electron chi connectivity index (χ1n) is 7.55. The molecule has 6 heteroatoms. The highest BCUT2D eigenvalue weighted by Crippen LogP contribution is 2.32. The second-order valence-corrected chi connectivity index (χ2v) is 5.56. The van der Waals surface area contributed by atoms with E-state index in [0.717, 1.165) is 6.07 Å². The van der Waals surface area contributed by atoms with Gasteiger partial charge in [-0.1, -0.05) is 36.4 Å². The lowest BCUT2D eigenvalue weighted by Gasteiger charge is -2.19. The Morgan fingerprint density at radius 3 is 2.33 bits per heavy atom. The van der Waals surface area contributed by atoms with Gasteiger partial charge in [-0.2, -0.15) is 13.2 Å². The van der Waals surface area contributed by atoms with Crippen LogP contribution in [-0.4, -0.2) is 24.4 Å². The van der Waals surface area contributed by atoms with E-state index in [-0.39, 0.29) is 24.4 Å². The minimum absolute atomic E-state index is 0.133. The van der Waals surface area contributed by atoms with Gasteiger partial charge in [0, 0.05) is 25.2 Å². The highest BCUT2D eigenvalue weighted by molar-refractivity contribution is 5.90. The third-order valence-corrected chi connectivity index (χ3v) is 3.54. The molecule has 2 aromatic carbocycles. The summed E-state index contributed by atoms with van der Waals surface area (Å²) in [6.45, 7) is 0.499. The van der Waals surface area contributed by atoms with Crippen LogP contribution in [0.25, 0.3) is 0 Å². The van der Waals surface area contributed by atoms with Crippen LogP contribution in [-0.2, 0) is 17.5 Å². The van der Waals surface area contributed by atoms with Gasteiger partial charge in [0.25, 0.3) is 0 Å². The first kappa shape index (κ1) is 18.0. The maximum absolute atomic E-state index is 13.0. The van der Waals surface area contributed by atoms with Gasteiger partial charge in [0.1, 0.15) is 0 Å². The van der Waals surface area contributed by atoms with Crippen molar-refractivity contribution < 1.29 is 18.0 Å². The zero-order valence-electron chi connectivity index (χ0n) is 13.3. The monoisotopic (exact) mass is 336 g/mol. The van der Waals surface area contributed by atoms with Crippen LogP contribution < -0.4 is 5.32 Å². The van der Waals surface area contributed by atoms with Crippen molar-refractivity contribution in [1.29, 1.82) is 0 Å². The molecule has 24 heavy (non-hydrogen) atoms. The summed E-state index contributed by atoms with van der Waals surface area (Å²) in [5.41, 5.74) is 0.272. The van der Waals surface area contributed by atoms with E-state index < -0.39 is 11.7 Å². The summed E-state index contributed by atoms with van der Waals surface area (Å²) >= 11 is 0. The smallest absolute Gasteiger partial charge is 0.326 e. The zero-order valence-corrected chi connectivity index (χ0v) is 13.3. The SMILES string of the molecule is CN(CCC(=O)Nc1ccccc1)Cc1ccccc1C(F)(F)F. The average molecular weight is 336 g/mol. The van der Waals surface area contributed by atoms with Gasteiger partial charge < -0.3 is 10.2 Å². The number of rotatable bonds is 6. The summed E-state index contributed by atoms with van der Waals surface area (Å²) in [6.07, 6.45) is -4.16. The van der Waals surface area contributed by atoms with Crippen LogP contribution in [0.5, 0.6) is 0 Å². The van der Waals surface area contributed by atoms with Crippen molar-refractivity contribution in [3.8, 4) is 0 Å². The number of carbonyl (C=O) groups is 1. The highest BCUT2D eigenvalue weighted by atomic mass is 19.4. The maximum atomic E-state index is 13.0. The number of nitrogens with one attached hydrogen (secondary N) is 1. The van der Waals surface area contributed by atoms with E-state index >= 15 is 0 Å². The number of carbonyl (C=O) groups excluding carboxylic acids is 1. The van der Waals surface area contributed by atoms with Gasteiger partial charge in [0.05, 0.1) is 5.56 Å². The van der Waals surface area contributed by atoms with E-state index in [4.69, 9.17) is 0 Å². The fourth-order valence-corrected chi connectivity index (χ4v) is 2.34. The highest BCUT2D eigenvalue weighted by Gasteiger charge is 2.32. The molecule has 0 bridgehead atoms. The Balaban J connectivity index is 1.88. The predicted octanol–water partition coefficient (Wildman–Crippen LogP) is 4.17. The second kappa shape index (κ2) is 7.97. The minimum atomic E-state index is -4.37. The molecule has 0 aromatic heterocycles. The number of nitrogens with zero attached hydrogens (tertiary/aromatic N) is 1. The van der Waals surface area contributed by atoms with Crippen molar-refractivity contribution in [2.24, 2.45) is 0 Å². The van der Waals surface area contributed by atoms with Gasteiger partial charge in [-0.15, -0.1) is 0 Å². The van der Waals surface area contributed by atoms with Gasteiger partial charge in [0.15, 0.2) is 0 Å². The standard InChI is InChI=1S/C18H19F3N2O/c1-23(12-11-17(24)22-15-8-3-2-4-9-15)13-14-7-5-6-10-16(14)18(19,20)21/h2-10H,11-13H2,1H3,(H,22,24). The lowest BCUT2D eigenvalue weighted by atomic mass is 10.1. The van der Waals surface area contributed by atoms with Crippen molar-refractivity contribution in [1.82, 2.24) is 4.90 Å². The summed E-state index contributed by atoms with van der Waals surface area (Å²) in [4.78, 5) is 13.6. The van der Waals surface area contributed by atoms with Gasteiger partial charge >= 0.3 is 6.18 Å². The molecule has 1 amide bonds. The molecular weight excluding hydrogens is 317 g/mol. The molecule has 0 radical (unpaired) electrons. The minimum Gasteiger partial charge on any atom is -0.326 e. The molecule has 0 aliphatic heterocycles. The first-order valence-corrected chi connectivity index (χ1v) is 7.55. The first-order chi connectivity index (χ1) is 11.4. The Morgan fingerprint density at radius 2 is 1.67 bits per heavy atom. The van der Waals surface area contributed by atoms with Crippen LogP contribution in [0.1, 0.15) is 17.5 Å².